The molecule has 0 aliphatic rings. The Kier molecular flexibility index (Phi) is 5.13. The molecule has 0 aliphatic carbocycles. The van der Waals surface area contributed by atoms with Crippen molar-refractivity contribution in [2.75, 3.05) is 13.7 Å². The van der Waals surface area contributed by atoms with Crippen LogP contribution in [0.4, 0.5) is 0 Å². The van der Waals surface area contributed by atoms with E-state index in [1.807, 2.05) is 18.2 Å². The molecule has 0 heterocycles. The minimum Gasteiger partial charge on any atom is -0.493 e. The fraction of sp³-hybridized carbons (Fsp3) is 0.571. The van der Waals surface area contributed by atoms with Gasteiger partial charge in [0.2, 0.25) is 0 Å². The predicted octanol–water partition coefficient (Wildman–Crippen LogP) is 4.25. The Morgan fingerprint density at radius 1 is 1.18 bits per heavy atom. The van der Waals surface area contributed by atoms with E-state index in [9.17, 15) is 0 Å². The molecule has 0 N–H and O–H groups in total. The lowest BCUT2D eigenvalue weighted by Gasteiger charge is -2.19. The zero-order chi connectivity index (χ0) is 12.9. The first-order valence-electron chi connectivity index (χ1n) is 5.82. The van der Waals surface area contributed by atoms with Crippen molar-refractivity contribution in [3.8, 4) is 11.5 Å². The molecule has 1 aromatic rings. The lowest BCUT2D eigenvalue weighted by atomic mass is 9.93. The van der Waals surface area contributed by atoms with Gasteiger partial charge in [-0.25, -0.2) is 0 Å². The van der Waals surface area contributed by atoms with E-state index in [1.54, 1.807) is 7.11 Å². The van der Waals surface area contributed by atoms with Gasteiger partial charge in [0.15, 0.2) is 11.5 Å². The van der Waals surface area contributed by atoms with E-state index < -0.39 is 0 Å². The Labute approximate surface area is 109 Å². The average Bonchev–Trinajstić information content (AvgIpc) is 2.27. The van der Waals surface area contributed by atoms with E-state index >= 15 is 0 Å². The Hall–Kier alpha value is -0.890. The largest absolute Gasteiger partial charge is 0.493 e. The van der Waals surface area contributed by atoms with Crippen LogP contribution in [0.1, 0.15) is 32.8 Å². The van der Waals surface area contributed by atoms with Crippen LogP contribution in [0.3, 0.4) is 0 Å². The molecule has 1 aromatic carbocycles. The van der Waals surface area contributed by atoms with Crippen molar-refractivity contribution in [2.24, 2.45) is 5.41 Å². The molecule has 0 unspecified atom stereocenters. The average molecular weight is 257 g/mol. The van der Waals surface area contributed by atoms with Crippen LogP contribution < -0.4 is 9.47 Å². The molecule has 0 aromatic heterocycles. The smallest absolute Gasteiger partial charge is 0.161 e. The maximum Gasteiger partial charge on any atom is 0.161 e. The van der Waals surface area contributed by atoms with Crippen molar-refractivity contribution >= 4 is 11.6 Å². The maximum absolute atomic E-state index is 5.78. The van der Waals surface area contributed by atoms with Gasteiger partial charge in [0, 0.05) is 5.88 Å². The van der Waals surface area contributed by atoms with Crippen LogP contribution in [0.2, 0.25) is 0 Å². The standard InChI is InChI=1S/C14H21ClO2/c1-14(2,3)7-8-17-12-6-5-11(10-15)9-13(12)16-4/h5-6,9H,7-8,10H2,1-4H3. The lowest BCUT2D eigenvalue weighted by molar-refractivity contribution is 0.234. The molecule has 0 amide bonds. The number of hydrogen-bond donors (Lipinski definition) is 0. The van der Waals surface area contributed by atoms with Crippen molar-refractivity contribution in [3.05, 3.63) is 23.8 Å². The van der Waals surface area contributed by atoms with E-state index in [0.717, 1.165) is 23.5 Å². The summed E-state index contributed by atoms with van der Waals surface area (Å²) in [6.07, 6.45) is 1.01. The van der Waals surface area contributed by atoms with Gasteiger partial charge < -0.3 is 9.47 Å². The first-order valence-corrected chi connectivity index (χ1v) is 6.35. The Balaban J connectivity index is 2.64. The second-order valence-corrected chi connectivity index (χ2v) is 5.55. The fourth-order valence-electron chi connectivity index (χ4n) is 1.38. The second kappa shape index (κ2) is 6.15. The van der Waals surface area contributed by atoms with E-state index in [2.05, 4.69) is 20.8 Å². The van der Waals surface area contributed by atoms with E-state index in [-0.39, 0.29) is 5.41 Å². The van der Waals surface area contributed by atoms with Gasteiger partial charge in [0.1, 0.15) is 0 Å². The SMILES string of the molecule is COc1cc(CCl)ccc1OCCC(C)(C)C. The molecule has 2 nitrogen and oxygen atoms in total. The summed E-state index contributed by atoms with van der Waals surface area (Å²) in [5.74, 6) is 2.02. The molecule has 0 atom stereocenters. The maximum atomic E-state index is 5.78. The highest BCUT2D eigenvalue weighted by molar-refractivity contribution is 6.17. The number of benzene rings is 1. The molecular formula is C14H21ClO2. The Morgan fingerprint density at radius 2 is 1.88 bits per heavy atom. The van der Waals surface area contributed by atoms with Gasteiger partial charge in [0.25, 0.3) is 0 Å². The molecule has 3 heteroatoms. The van der Waals surface area contributed by atoms with Crippen LogP contribution >= 0.6 is 11.6 Å². The van der Waals surface area contributed by atoms with Gasteiger partial charge in [-0.05, 0) is 29.5 Å². The summed E-state index contributed by atoms with van der Waals surface area (Å²) in [6, 6.07) is 5.79. The van der Waals surface area contributed by atoms with Crippen molar-refractivity contribution < 1.29 is 9.47 Å². The first-order chi connectivity index (χ1) is 7.96. The summed E-state index contributed by atoms with van der Waals surface area (Å²) in [4.78, 5) is 0. The third kappa shape index (κ3) is 4.86. The van der Waals surface area contributed by atoms with Crippen molar-refractivity contribution in [3.63, 3.8) is 0 Å². The number of ether oxygens (including phenoxy) is 2. The monoisotopic (exact) mass is 256 g/mol. The number of halogens is 1. The van der Waals surface area contributed by atoms with Crippen molar-refractivity contribution in [1.29, 1.82) is 0 Å². The summed E-state index contributed by atoms with van der Waals surface area (Å²) in [5, 5.41) is 0. The third-order valence-electron chi connectivity index (χ3n) is 2.49. The zero-order valence-electron chi connectivity index (χ0n) is 11.0. The molecule has 96 valence electrons. The Morgan fingerprint density at radius 3 is 2.41 bits per heavy atom. The minimum absolute atomic E-state index is 0.281. The molecule has 0 saturated carbocycles. The van der Waals surface area contributed by atoms with Crippen LogP contribution in [-0.4, -0.2) is 13.7 Å². The summed E-state index contributed by atoms with van der Waals surface area (Å²) in [6.45, 7) is 7.29. The highest BCUT2D eigenvalue weighted by Gasteiger charge is 2.11. The van der Waals surface area contributed by atoms with Crippen LogP contribution in [0.5, 0.6) is 11.5 Å². The van der Waals surface area contributed by atoms with E-state index in [0.29, 0.717) is 12.5 Å². The summed E-state index contributed by atoms with van der Waals surface area (Å²) >= 11 is 5.78. The van der Waals surface area contributed by atoms with E-state index in [4.69, 9.17) is 21.1 Å². The van der Waals surface area contributed by atoms with Crippen molar-refractivity contribution in [1.82, 2.24) is 0 Å². The number of hydrogen-bond acceptors (Lipinski definition) is 2. The molecule has 0 bridgehead atoms. The topological polar surface area (TPSA) is 18.5 Å². The predicted molar refractivity (Wildman–Crippen MR) is 72.1 cm³/mol. The molecule has 0 fully saturated rings. The Bertz CT molecular complexity index is 356. The lowest BCUT2D eigenvalue weighted by Crippen LogP contribution is -2.11. The number of alkyl halides is 1. The summed E-state index contributed by atoms with van der Waals surface area (Å²) in [5.41, 5.74) is 1.32. The van der Waals surface area contributed by atoms with Gasteiger partial charge in [-0.3, -0.25) is 0 Å². The van der Waals surface area contributed by atoms with Gasteiger partial charge >= 0.3 is 0 Å². The van der Waals surface area contributed by atoms with Gasteiger partial charge in [-0.2, -0.15) is 0 Å². The van der Waals surface area contributed by atoms with Gasteiger partial charge in [0.05, 0.1) is 13.7 Å². The zero-order valence-corrected chi connectivity index (χ0v) is 11.8. The molecule has 1 rings (SSSR count). The molecule has 0 radical (unpaired) electrons. The summed E-state index contributed by atoms with van der Waals surface area (Å²) in [7, 11) is 1.64. The fourth-order valence-corrected chi connectivity index (χ4v) is 1.55. The van der Waals surface area contributed by atoms with Crippen molar-refractivity contribution in [2.45, 2.75) is 33.1 Å². The molecular weight excluding hydrogens is 236 g/mol. The highest BCUT2D eigenvalue weighted by Crippen LogP contribution is 2.29. The molecule has 0 saturated heterocycles. The first kappa shape index (κ1) is 14.2. The normalized spacial score (nSPS) is 11.4. The van der Waals surface area contributed by atoms with E-state index in [1.165, 1.54) is 0 Å². The minimum atomic E-state index is 0.281. The highest BCUT2D eigenvalue weighted by atomic mass is 35.5. The third-order valence-corrected chi connectivity index (χ3v) is 2.80. The second-order valence-electron chi connectivity index (χ2n) is 5.28. The molecule has 0 aliphatic heterocycles. The van der Waals surface area contributed by atoms with Gasteiger partial charge in [-0.1, -0.05) is 26.8 Å². The molecule has 17 heavy (non-hydrogen) atoms. The van der Waals surface area contributed by atoms with Crippen LogP contribution in [0.15, 0.2) is 18.2 Å². The van der Waals surface area contributed by atoms with Crippen LogP contribution in [-0.2, 0) is 5.88 Å². The molecule has 0 spiro atoms. The summed E-state index contributed by atoms with van der Waals surface area (Å²) < 4.78 is 11.0. The van der Waals surface area contributed by atoms with Gasteiger partial charge in [-0.15, -0.1) is 11.6 Å². The number of methoxy groups -OCH3 is 1. The quantitative estimate of drug-likeness (QED) is 0.734. The van der Waals surface area contributed by atoms with Crippen LogP contribution in [0.25, 0.3) is 0 Å². The van der Waals surface area contributed by atoms with Crippen LogP contribution in [0, 0.1) is 5.41 Å². The number of rotatable bonds is 5.